The van der Waals surface area contributed by atoms with Crippen molar-refractivity contribution in [3.8, 4) is 0 Å². The molecule has 2 unspecified atom stereocenters. The normalized spacial score (nSPS) is 47.3. The molecule has 12 heteroatoms. The van der Waals surface area contributed by atoms with Crippen molar-refractivity contribution in [1.82, 2.24) is 0 Å². The Balaban J connectivity index is 1.23. The van der Waals surface area contributed by atoms with Crippen LogP contribution in [0.2, 0.25) is 0 Å². The third-order valence-electron chi connectivity index (χ3n) is 15.9. The van der Waals surface area contributed by atoms with Gasteiger partial charge >= 0.3 is 11.9 Å². The fraction of sp³-hybridized carbons (Fsp3) is 0.891. The van der Waals surface area contributed by atoms with E-state index >= 15 is 0 Å². The SMILES string of the molecule is CC[C@@H](C(=O)OC)[C@H]1CC[C@H](C)[C@H]([C@@H](C)[C@H](O)[C@H](C)C(=O)C2([C@H]3O[C@@]4(C=C[C@H](OC(C)=O)[C@]5(CC[C@@](C)([C@H]6CC[C@](O)(CC)[C@H](C)O6)O5)O4)[C@H](C)C[C@@H]3C)CC2C)O1. The second-order valence-corrected chi connectivity index (χ2v) is 19.7. The second kappa shape index (κ2) is 16.7. The number of ketones is 1. The largest absolute Gasteiger partial charge is 0.469 e. The Morgan fingerprint density at radius 1 is 0.931 bits per heavy atom. The smallest absolute Gasteiger partial charge is 0.311 e. The lowest BCUT2D eigenvalue weighted by molar-refractivity contribution is -0.410. The number of carbonyl (C=O) groups is 3. The van der Waals surface area contributed by atoms with E-state index in [-0.39, 0.29) is 71.7 Å². The number of hydrogen-bond donors (Lipinski definition) is 2. The molecule has 58 heavy (non-hydrogen) atoms. The minimum atomic E-state index is -1.37. The number of methoxy groups -OCH3 is 1. The van der Waals surface area contributed by atoms with E-state index in [1.54, 1.807) is 0 Å². The van der Waals surface area contributed by atoms with Crippen LogP contribution in [0.15, 0.2) is 12.2 Å². The van der Waals surface area contributed by atoms with Gasteiger partial charge in [-0.25, -0.2) is 0 Å². The number of carbonyl (C=O) groups excluding carboxylic acids is 3. The van der Waals surface area contributed by atoms with Crippen LogP contribution in [0, 0.1) is 46.8 Å². The van der Waals surface area contributed by atoms with Gasteiger partial charge in [0.2, 0.25) is 5.79 Å². The van der Waals surface area contributed by atoms with Gasteiger partial charge in [0.1, 0.15) is 5.78 Å². The third-order valence-corrected chi connectivity index (χ3v) is 15.9. The maximum Gasteiger partial charge on any atom is 0.311 e. The zero-order valence-electron chi connectivity index (χ0n) is 37.3. The lowest BCUT2D eigenvalue weighted by Gasteiger charge is -2.55. The maximum atomic E-state index is 15.0. The monoisotopic (exact) mass is 819 g/mol. The fourth-order valence-corrected chi connectivity index (χ4v) is 11.8. The molecule has 5 aliphatic heterocycles. The van der Waals surface area contributed by atoms with E-state index in [1.807, 2.05) is 53.7 Å². The third kappa shape index (κ3) is 7.87. The van der Waals surface area contributed by atoms with Crippen LogP contribution in [-0.4, -0.2) is 101 Å². The summed E-state index contributed by atoms with van der Waals surface area (Å²) in [6.45, 7) is 21.4. The highest BCUT2D eigenvalue weighted by Crippen LogP contribution is 2.64. The summed E-state index contributed by atoms with van der Waals surface area (Å²) in [6, 6.07) is 0. The first-order valence-electron chi connectivity index (χ1n) is 22.4. The summed E-state index contributed by atoms with van der Waals surface area (Å²) in [5.74, 6) is -4.82. The Morgan fingerprint density at radius 3 is 2.21 bits per heavy atom. The topological polar surface area (TPSA) is 156 Å². The molecule has 1 aliphatic carbocycles. The van der Waals surface area contributed by atoms with Crippen molar-refractivity contribution >= 4 is 17.7 Å². The van der Waals surface area contributed by atoms with Crippen LogP contribution in [0.5, 0.6) is 0 Å². The van der Waals surface area contributed by atoms with Crippen molar-refractivity contribution in [2.75, 3.05) is 7.11 Å². The van der Waals surface area contributed by atoms with Gasteiger partial charge in [-0.1, -0.05) is 55.4 Å². The summed E-state index contributed by atoms with van der Waals surface area (Å²) in [5, 5.41) is 23.1. The molecule has 5 fully saturated rings. The predicted octanol–water partition coefficient (Wildman–Crippen LogP) is 6.85. The van der Waals surface area contributed by atoms with Crippen molar-refractivity contribution < 1.29 is 57.8 Å². The van der Waals surface area contributed by atoms with Gasteiger partial charge in [-0.2, -0.15) is 0 Å². The van der Waals surface area contributed by atoms with Crippen LogP contribution >= 0.6 is 0 Å². The molecule has 6 rings (SSSR count). The van der Waals surface area contributed by atoms with Gasteiger partial charge in [0.15, 0.2) is 11.9 Å². The van der Waals surface area contributed by atoms with Gasteiger partial charge in [-0.3, -0.25) is 14.4 Å². The fourth-order valence-electron chi connectivity index (χ4n) is 11.8. The van der Waals surface area contributed by atoms with Crippen molar-refractivity contribution in [2.24, 2.45) is 46.8 Å². The van der Waals surface area contributed by atoms with Crippen LogP contribution in [0.4, 0.5) is 0 Å². The first kappa shape index (κ1) is 45.6. The molecule has 4 saturated heterocycles. The molecule has 2 N–H and O–H groups in total. The molecule has 0 radical (unpaired) electrons. The van der Waals surface area contributed by atoms with Crippen LogP contribution in [0.1, 0.15) is 140 Å². The van der Waals surface area contributed by atoms with Gasteiger partial charge in [-0.05, 0) is 102 Å². The Kier molecular flexibility index (Phi) is 13.2. The maximum absolute atomic E-state index is 15.0. The van der Waals surface area contributed by atoms with E-state index in [1.165, 1.54) is 14.0 Å². The lowest BCUT2D eigenvalue weighted by atomic mass is 9.71. The number of aliphatic hydroxyl groups excluding tert-OH is 1. The van der Waals surface area contributed by atoms with Crippen LogP contribution in [-0.2, 0) is 47.5 Å². The zero-order valence-corrected chi connectivity index (χ0v) is 37.3. The minimum absolute atomic E-state index is 0.00592. The van der Waals surface area contributed by atoms with Gasteiger partial charge in [-0.15, -0.1) is 0 Å². The van der Waals surface area contributed by atoms with Gasteiger partial charge < -0.3 is 43.4 Å². The van der Waals surface area contributed by atoms with Crippen molar-refractivity contribution in [3.63, 3.8) is 0 Å². The number of Topliss-reactive ketones (excluding diaryl/α,β-unsaturated/α-hetero) is 1. The van der Waals surface area contributed by atoms with Crippen LogP contribution < -0.4 is 0 Å². The van der Waals surface area contributed by atoms with Gasteiger partial charge in [0.25, 0.3) is 0 Å². The molecule has 12 nitrogen and oxygen atoms in total. The number of ether oxygens (including phenoxy) is 7. The average Bonchev–Trinajstić information content (AvgIpc) is 3.75. The Labute approximate surface area is 346 Å². The molecular formula is C46H74O12. The van der Waals surface area contributed by atoms with Crippen LogP contribution in [0.25, 0.3) is 0 Å². The first-order valence-corrected chi connectivity index (χ1v) is 22.4. The van der Waals surface area contributed by atoms with E-state index in [9.17, 15) is 24.6 Å². The molecule has 1 saturated carbocycles. The van der Waals surface area contributed by atoms with Crippen LogP contribution in [0.3, 0.4) is 0 Å². The van der Waals surface area contributed by atoms with E-state index in [4.69, 9.17) is 33.2 Å². The van der Waals surface area contributed by atoms with E-state index < -0.39 is 58.4 Å². The molecule has 0 bridgehead atoms. The molecule has 0 aromatic carbocycles. The average molecular weight is 819 g/mol. The number of aliphatic hydroxyl groups is 2. The van der Waals surface area contributed by atoms with Gasteiger partial charge in [0, 0.05) is 31.1 Å². The van der Waals surface area contributed by atoms with E-state index in [2.05, 4.69) is 27.7 Å². The standard InChI is InChI=1S/C46H74O12/c1-13-33(41(50)52-12)34-16-15-25(3)38(55-34)29(7)37(48)30(8)39(49)44(24-28(44)6)40-26(4)23-27(5)45(56-40)20-18-36(54-32(10)47)46(58-45)22-21-42(11,57-46)35-17-19-43(51,14-2)31(9)53-35/h18,20,25-31,33-38,40,48,51H,13-17,19,21-24H2,1-12H3/t25-,26-,27+,28?,29-,30-,31-,33+,34+,35+,36-,37-,38+,40-,42-,43+,44?,45+,46-/m0/s1. The molecule has 0 aromatic rings. The summed E-state index contributed by atoms with van der Waals surface area (Å²) in [7, 11) is 1.40. The Hall–Kier alpha value is -1.93. The zero-order chi connectivity index (χ0) is 42.7. The molecule has 19 atom stereocenters. The summed E-state index contributed by atoms with van der Waals surface area (Å²) in [4.78, 5) is 40.0. The summed E-state index contributed by atoms with van der Waals surface area (Å²) < 4.78 is 45.4. The molecular weight excluding hydrogens is 744 g/mol. The molecule has 0 amide bonds. The number of hydrogen-bond acceptors (Lipinski definition) is 12. The molecule has 5 heterocycles. The highest BCUT2D eigenvalue weighted by molar-refractivity contribution is 5.91. The minimum Gasteiger partial charge on any atom is -0.469 e. The molecule has 6 aliphatic rings. The Bertz CT molecular complexity index is 1550. The highest BCUT2D eigenvalue weighted by atomic mass is 16.8. The van der Waals surface area contributed by atoms with E-state index in [0.717, 1.165) is 12.8 Å². The summed E-state index contributed by atoms with van der Waals surface area (Å²) in [6.07, 6.45) is 6.33. The van der Waals surface area contributed by atoms with E-state index in [0.29, 0.717) is 51.4 Å². The quantitative estimate of drug-likeness (QED) is 0.156. The molecule has 330 valence electrons. The molecule has 2 spiro atoms. The predicted molar refractivity (Wildman–Crippen MR) is 215 cm³/mol. The summed E-state index contributed by atoms with van der Waals surface area (Å²) in [5.41, 5.74) is -2.53. The van der Waals surface area contributed by atoms with Gasteiger partial charge in [0.05, 0.1) is 66.3 Å². The van der Waals surface area contributed by atoms with Crippen molar-refractivity contribution in [3.05, 3.63) is 12.2 Å². The first-order chi connectivity index (χ1) is 27.2. The molecule has 0 aromatic heterocycles. The summed E-state index contributed by atoms with van der Waals surface area (Å²) >= 11 is 0. The lowest BCUT2D eigenvalue weighted by Crippen LogP contribution is -2.64. The highest BCUT2D eigenvalue weighted by Gasteiger charge is 2.70. The Morgan fingerprint density at radius 2 is 1.62 bits per heavy atom. The van der Waals surface area contributed by atoms with Crippen molar-refractivity contribution in [2.45, 2.75) is 206 Å². The number of esters is 2. The van der Waals surface area contributed by atoms with Crippen molar-refractivity contribution in [1.29, 1.82) is 0 Å². The second-order valence-electron chi connectivity index (χ2n) is 19.7. The number of rotatable bonds is 12.